The lowest BCUT2D eigenvalue weighted by atomic mass is 9.92. The molecule has 6 nitrogen and oxygen atoms in total. The standard InChI is InChI=1S/C28H30ClN3O3S/c1-14-9-16(29)10-20(19(14)11-17-13-30-7-8-35-17)18-5-6-31-21-12-22(36-25(18)21)15(2)32-26(33)23-24(27(32)34)28(23,3)4/h5-6,9-10,12,15,17,23-24,30H,7-8,11,13H2,1-4H3/t15-,17?,23?,24?/m0/s1. The van der Waals surface area contributed by atoms with E-state index in [9.17, 15) is 9.59 Å². The van der Waals surface area contributed by atoms with E-state index in [1.54, 1.807) is 11.3 Å². The van der Waals surface area contributed by atoms with Gasteiger partial charge in [-0.25, -0.2) is 0 Å². The van der Waals surface area contributed by atoms with Crippen LogP contribution >= 0.6 is 22.9 Å². The number of aryl methyl sites for hydroxylation is 1. The third-order valence-corrected chi connectivity index (χ3v) is 9.77. The quantitative estimate of drug-likeness (QED) is 0.468. The van der Waals surface area contributed by atoms with Gasteiger partial charge in [-0.15, -0.1) is 11.3 Å². The second kappa shape index (κ2) is 8.62. The predicted molar refractivity (Wildman–Crippen MR) is 142 cm³/mol. The van der Waals surface area contributed by atoms with Crippen molar-refractivity contribution < 1.29 is 14.3 Å². The number of ether oxygens (including phenoxy) is 1. The summed E-state index contributed by atoms with van der Waals surface area (Å²) in [6, 6.07) is 7.78. The van der Waals surface area contributed by atoms with E-state index in [4.69, 9.17) is 16.3 Å². The molecule has 0 bridgehead atoms. The molecule has 3 unspecified atom stereocenters. The first-order valence-electron chi connectivity index (χ1n) is 12.6. The first-order chi connectivity index (χ1) is 17.2. The maximum Gasteiger partial charge on any atom is 0.234 e. The number of carbonyl (C=O) groups is 2. The molecule has 1 N–H and O–H groups in total. The minimum Gasteiger partial charge on any atom is -0.375 e. The summed E-state index contributed by atoms with van der Waals surface area (Å²) in [6.45, 7) is 10.5. The van der Waals surface area contributed by atoms with Crippen molar-refractivity contribution in [1.82, 2.24) is 15.2 Å². The zero-order chi connectivity index (χ0) is 25.4. The number of benzene rings is 1. The molecule has 8 heteroatoms. The number of halogens is 1. The van der Waals surface area contributed by atoms with Crippen LogP contribution in [0.2, 0.25) is 5.02 Å². The summed E-state index contributed by atoms with van der Waals surface area (Å²) in [7, 11) is 0. The van der Waals surface area contributed by atoms with E-state index < -0.39 is 0 Å². The van der Waals surface area contributed by atoms with Crippen LogP contribution in [0.1, 0.15) is 42.8 Å². The smallest absolute Gasteiger partial charge is 0.234 e. The van der Waals surface area contributed by atoms with Crippen molar-refractivity contribution in [2.24, 2.45) is 17.3 Å². The van der Waals surface area contributed by atoms with Crippen LogP contribution in [0.5, 0.6) is 0 Å². The van der Waals surface area contributed by atoms with Crippen LogP contribution in [0.25, 0.3) is 21.3 Å². The number of imide groups is 1. The molecule has 0 radical (unpaired) electrons. The van der Waals surface area contributed by atoms with E-state index in [0.29, 0.717) is 11.6 Å². The fourth-order valence-electron chi connectivity index (χ4n) is 6.11. The van der Waals surface area contributed by atoms with Gasteiger partial charge in [0.1, 0.15) is 0 Å². The van der Waals surface area contributed by atoms with Crippen LogP contribution < -0.4 is 5.32 Å². The number of thiophene rings is 1. The first-order valence-corrected chi connectivity index (χ1v) is 13.7. The second-order valence-corrected chi connectivity index (χ2v) is 12.4. The van der Waals surface area contributed by atoms with Gasteiger partial charge in [0.05, 0.1) is 40.8 Å². The molecule has 4 heterocycles. The van der Waals surface area contributed by atoms with Crippen molar-refractivity contribution in [3.05, 3.63) is 51.5 Å². The zero-order valence-corrected chi connectivity index (χ0v) is 22.5. The Kier molecular flexibility index (Phi) is 5.76. The van der Waals surface area contributed by atoms with E-state index in [0.717, 1.165) is 51.3 Å². The predicted octanol–water partition coefficient (Wildman–Crippen LogP) is 5.16. The summed E-state index contributed by atoms with van der Waals surface area (Å²) < 4.78 is 7.05. The third-order valence-electron chi connectivity index (χ3n) is 8.23. The first kappa shape index (κ1) is 24.0. The molecule has 3 aromatic rings. The Morgan fingerprint density at radius 3 is 2.67 bits per heavy atom. The third kappa shape index (κ3) is 3.71. The Morgan fingerprint density at radius 2 is 1.97 bits per heavy atom. The number of carbonyl (C=O) groups excluding carboxylic acids is 2. The number of hydrogen-bond acceptors (Lipinski definition) is 6. The SMILES string of the molecule is Cc1cc(Cl)cc(-c2ccnc3cc([C@H](C)N4C(=O)C5C(C4=O)C5(C)C)sc23)c1CC1CNCCO1. The molecule has 0 spiro atoms. The number of nitrogens with one attached hydrogen (secondary N) is 1. The maximum atomic E-state index is 13.1. The lowest BCUT2D eigenvalue weighted by molar-refractivity contribution is -0.145. The number of rotatable bonds is 5. The van der Waals surface area contributed by atoms with Crippen molar-refractivity contribution in [3.8, 4) is 11.1 Å². The topological polar surface area (TPSA) is 71.5 Å². The molecule has 3 fully saturated rings. The van der Waals surface area contributed by atoms with E-state index in [1.165, 1.54) is 10.5 Å². The molecule has 3 aliphatic rings. The molecular formula is C28H30ClN3O3S. The van der Waals surface area contributed by atoms with E-state index >= 15 is 0 Å². The number of nitrogens with zero attached hydrogens (tertiary/aromatic N) is 2. The number of morpholine rings is 1. The second-order valence-electron chi connectivity index (χ2n) is 10.9. The lowest BCUT2D eigenvalue weighted by Crippen LogP contribution is -2.39. The Labute approximate surface area is 220 Å². The molecule has 2 saturated heterocycles. The van der Waals surface area contributed by atoms with Crippen LogP contribution in [0.4, 0.5) is 0 Å². The van der Waals surface area contributed by atoms with E-state index in [1.807, 2.05) is 51.2 Å². The van der Waals surface area contributed by atoms with Crippen LogP contribution in [0.3, 0.4) is 0 Å². The Bertz CT molecular complexity index is 1370. The molecule has 6 rings (SSSR count). The fourth-order valence-corrected chi connectivity index (χ4v) is 7.57. The molecule has 1 aromatic carbocycles. The average molecular weight is 524 g/mol. The largest absolute Gasteiger partial charge is 0.375 e. The van der Waals surface area contributed by atoms with Crippen molar-refractivity contribution in [1.29, 1.82) is 0 Å². The monoisotopic (exact) mass is 523 g/mol. The molecular weight excluding hydrogens is 494 g/mol. The summed E-state index contributed by atoms with van der Waals surface area (Å²) >= 11 is 8.15. The molecule has 2 aliphatic heterocycles. The highest BCUT2D eigenvalue weighted by Gasteiger charge is 2.73. The van der Waals surface area contributed by atoms with Crippen molar-refractivity contribution in [2.75, 3.05) is 19.7 Å². The molecule has 1 aliphatic carbocycles. The van der Waals surface area contributed by atoms with Gasteiger partial charge in [-0.1, -0.05) is 25.4 Å². The number of aromatic nitrogens is 1. The summed E-state index contributed by atoms with van der Waals surface area (Å²) in [5.74, 6) is -0.433. The van der Waals surface area contributed by atoms with Gasteiger partial charge in [-0.2, -0.15) is 0 Å². The minimum absolute atomic E-state index is 0.0398. The molecule has 188 valence electrons. The zero-order valence-electron chi connectivity index (χ0n) is 20.9. The number of fused-ring (bicyclic) bond motifs is 2. The summed E-state index contributed by atoms with van der Waals surface area (Å²) in [5, 5.41) is 4.11. The number of pyridine rings is 1. The van der Waals surface area contributed by atoms with E-state index in [-0.39, 0.29) is 41.2 Å². The molecule has 36 heavy (non-hydrogen) atoms. The summed E-state index contributed by atoms with van der Waals surface area (Å²) in [5.41, 5.74) is 5.16. The summed E-state index contributed by atoms with van der Waals surface area (Å²) in [4.78, 5) is 33.2. The van der Waals surface area contributed by atoms with E-state index in [2.05, 4.69) is 17.2 Å². The Morgan fingerprint density at radius 1 is 1.22 bits per heavy atom. The van der Waals surface area contributed by atoms with Crippen LogP contribution in [0, 0.1) is 24.2 Å². The Hall–Kier alpha value is -2.32. The molecule has 2 amide bonds. The number of piperidine rings is 1. The number of likely N-dealkylation sites (tertiary alicyclic amines) is 1. The molecule has 2 aromatic heterocycles. The van der Waals surface area contributed by atoms with Crippen LogP contribution in [-0.4, -0.2) is 47.5 Å². The van der Waals surface area contributed by atoms with Crippen molar-refractivity contribution in [3.63, 3.8) is 0 Å². The Balaban J connectivity index is 1.38. The molecule has 4 atom stereocenters. The van der Waals surface area contributed by atoms with Gasteiger partial charge in [0.2, 0.25) is 11.8 Å². The lowest BCUT2D eigenvalue weighted by Gasteiger charge is -2.26. The average Bonchev–Trinajstić information content (AvgIpc) is 3.10. The van der Waals surface area contributed by atoms with Crippen molar-refractivity contribution >= 4 is 45.0 Å². The van der Waals surface area contributed by atoms with Gasteiger partial charge < -0.3 is 10.1 Å². The van der Waals surface area contributed by atoms with Crippen LogP contribution in [0.15, 0.2) is 30.5 Å². The van der Waals surface area contributed by atoms with Crippen molar-refractivity contribution in [2.45, 2.75) is 46.3 Å². The highest BCUT2D eigenvalue weighted by Crippen LogP contribution is 2.64. The van der Waals surface area contributed by atoms with Crippen LogP contribution in [-0.2, 0) is 20.7 Å². The maximum absolute atomic E-state index is 13.1. The van der Waals surface area contributed by atoms with Gasteiger partial charge in [-0.05, 0) is 60.2 Å². The normalized spacial score (nSPS) is 25.9. The summed E-state index contributed by atoms with van der Waals surface area (Å²) in [6.07, 6.45) is 2.72. The molecule has 1 saturated carbocycles. The highest BCUT2D eigenvalue weighted by molar-refractivity contribution is 7.19. The van der Waals surface area contributed by atoms with Gasteiger partial charge in [0.25, 0.3) is 0 Å². The van der Waals surface area contributed by atoms with Gasteiger partial charge in [-0.3, -0.25) is 19.5 Å². The van der Waals surface area contributed by atoms with Gasteiger partial charge in [0, 0.05) is 41.2 Å². The van der Waals surface area contributed by atoms with Gasteiger partial charge >= 0.3 is 0 Å². The fraction of sp³-hybridized carbons (Fsp3) is 0.464. The highest BCUT2D eigenvalue weighted by atomic mass is 35.5. The minimum atomic E-state index is -0.317. The van der Waals surface area contributed by atoms with Gasteiger partial charge in [0.15, 0.2) is 0 Å². The number of hydrogen-bond donors (Lipinski definition) is 1. The number of amides is 2.